The van der Waals surface area contributed by atoms with Crippen LogP contribution in [0, 0.1) is 24.2 Å². The standard InChI is InChI=1S/C27H42N2O5S/c1-15-9-8-10-21-22(34-21)12-20(16(2)11-19-14-35-18(4)28-19)29(7)24(31)13-23(30)27(5,6)26(33)17(3)25(15)32/h11,14-15,17,20-23,25,30,32H,8-10,12-13H2,1-7H3/t15-,17+,20-,21+,22-,23-,25-/m0/s1. The highest BCUT2D eigenvalue weighted by atomic mass is 32.1. The van der Waals surface area contributed by atoms with E-state index in [1.807, 2.05) is 32.2 Å². The number of nitrogens with zero attached hydrogens (tertiary/aromatic N) is 2. The molecule has 2 fully saturated rings. The molecule has 1 aromatic rings. The molecule has 8 heteroatoms. The lowest BCUT2D eigenvalue weighted by molar-refractivity contribution is -0.145. The Bertz CT molecular complexity index is 942. The first kappa shape index (κ1) is 28.0. The number of likely N-dealkylation sites (N-methyl/N-ethyl adjacent to an activating group) is 1. The zero-order valence-electron chi connectivity index (χ0n) is 22.2. The normalized spacial score (nSPS) is 35.6. The third-order valence-electron chi connectivity index (χ3n) is 8.04. The molecule has 2 aliphatic rings. The van der Waals surface area contributed by atoms with Gasteiger partial charge in [-0.05, 0) is 44.3 Å². The molecule has 3 heterocycles. The van der Waals surface area contributed by atoms with Gasteiger partial charge in [-0.3, -0.25) is 9.59 Å². The summed E-state index contributed by atoms with van der Waals surface area (Å²) in [6.45, 7) is 11.0. The molecule has 1 amide bonds. The molecular formula is C27H42N2O5S. The van der Waals surface area contributed by atoms with Gasteiger partial charge in [0.2, 0.25) is 5.91 Å². The molecule has 0 saturated carbocycles. The number of hydrogen-bond donors (Lipinski definition) is 2. The van der Waals surface area contributed by atoms with Gasteiger partial charge in [0.05, 0.1) is 53.0 Å². The van der Waals surface area contributed by atoms with Gasteiger partial charge in [-0.2, -0.15) is 0 Å². The third-order valence-corrected chi connectivity index (χ3v) is 8.83. The van der Waals surface area contributed by atoms with Gasteiger partial charge >= 0.3 is 0 Å². The van der Waals surface area contributed by atoms with Crippen LogP contribution in [-0.4, -0.2) is 69.3 Å². The van der Waals surface area contributed by atoms with E-state index < -0.39 is 23.5 Å². The number of aromatic nitrogens is 1. The monoisotopic (exact) mass is 506 g/mol. The van der Waals surface area contributed by atoms with Crippen LogP contribution in [0.15, 0.2) is 11.0 Å². The predicted molar refractivity (Wildman–Crippen MR) is 138 cm³/mol. The number of aliphatic hydroxyl groups excluding tert-OH is 2. The molecular weight excluding hydrogens is 464 g/mol. The number of fused-ring (bicyclic) bond motifs is 1. The third kappa shape index (κ3) is 6.59. The van der Waals surface area contributed by atoms with Crippen LogP contribution in [0.5, 0.6) is 0 Å². The van der Waals surface area contributed by atoms with Gasteiger partial charge in [0, 0.05) is 24.8 Å². The lowest BCUT2D eigenvalue weighted by atomic mass is 9.73. The maximum atomic E-state index is 13.3. The first-order valence-corrected chi connectivity index (χ1v) is 13.6. The lowest BCUT2D eigenvalue weighted by Crippen LogP contribution is -2.47. The molecule has 2 N–H and O–H groups in total. The molecule has 35 heavy (non-hydrogen) atoms. The number of ketones is 1. The van der Waals surface area contributed by atoms with E-state index in [0.29, 0.717) is 6.42 Å². The smallest absolute Gasteiger partial charge is 0.225 e. The van der Waals surface area contributed by atoms with Gasteiger partial charge in [-0.1, -0.05) is 34.1 Å². The fourth-order valence-electron chi connectivity index (χ4n) is 5.23. The van der Waals surface area contributed by atoms with Crippen LogP contribution in [0.25, 0.3) is 6.08 Å². The number of epoxide rings is 1. The first-order chi connectivity index (χ1) is 16.3. The summed E-state index contributed by atoms with van der Waals surface area (Å²) >= 11 is 1.59. The van der Waals surface area contributed by atoms with E-state index in [1.165, 1.54) is 0 Å². The van der Waals surface area contributed by atoms with Crippen molar-refractivity contribution in [2.45, 2.75) is 104 Å². The number of amides is 1. The molecule has 7 atom stereocenters. The summed E-state index contributed by atoms with van der Waals surface area (Å²) in [7, 11) is 1.76. The van der Waals surface area contributed by atoms with Gasteiger partial charge in [0.15, 0.2) is 0 Å². The largest absolute Gasteiger partial charge is 0.392 e. The zero-order chi connectivity index (χ0) is 26.1. The Morgan fingerprint density at radius 1 is 1.23 bits per heavy atom. The van der Waals surface area contributed by atoms with Crippen LogP contribution < -0.4 is 0 Å². The average Bonchev–Trinajstić information content (AvgIpc) is 3.42. The lowest BCUT2D eigenvalue weighted by Gasteiger charge is -2.36. The second-order valence-corrected chi connectivity index (χ2v) is 12.2. The molecule has 0 spiro atoms. The Hall–Kier alpha value is -1.61. The molecule has 2 saturated heterocycles. The van der Waals surface area contributed by atoms with Crippen LogP contribution in [0.3, 0.4) is 0 Å². The van der Waals surface area contributed by atoms with Crippen molar-refractivity contribution < 1.29 is 24.5 Å². The number of aryl methyl sites for hydroxylation is 1. The highest BCUT2D eigenvalue weighted by Gasteiger charge is 2.44. The number of carbonyl (C=O) groups is 2. The fraction of sp³-hybridized carbons (Fsp3) is 0.741. The number of ether oxygens (including phenoxy) is 1. The maximum absolute atomic E-state index is 13.3. The van der Waals surface area contributed by atoms with Crippen molar-refractivity contribution in [3.05, 3.63) is 21.7 Å². The van der Waals surface area contributed by atoms with Crippen LogP contribution in [-0.2, 0) is 14.3 Å². The summed E-state index contributed by atoms with van der Waals surface area (Å²) in [5.74, 6) is -1.11. The van der Waals surface area contributed by atoms with E-state index in [0.717, 1.165) is 35.5 Å². The Morgan fingerprint density at radius 3 is 2.54 bits per heavy atom. The molecule has 0 unspecified atom stereocenters. The number of carbonyl (C=O) groups excluding carboxylic acids is 2. The molecule has 0 aromatic carbocycles. The van der Waals surface area contributed by atoms with Crippen molar-refractivity contribution in [1.29, 1.82) is 0 Å². The summed E-state index contributed by atoms with van der Waals surface area (Å²) in [5.41, 5.74) is 0.730. The molecule has 3 rings (SSSR count). The average molecular weight is 507 g/mol. The topological polar surface area (TPSA) is 103 Å². The number of aliphatic hydroxyl groups is 2. The molecule has 1 aromatic heterocycles. The van der Waals surface area contributed by atoms with Crippen LogP contribution >= 0.6 is 11.3 Å². The van der Waals surface area contributed by atoms with Crippen molar-refractivity contribution in [2.24, 2.45) is 17.3 Å². The van der Waals surface area contributed by atoms with E-state index in [1.54, 1.807) is 44.1 Å². The minimum Gasteiger partial charge on any atom is -0.392 e. The van der Waals surface area contributed by atoms with E-state index in [4.69, 9.17) is 4.74 Å². The summed E-state index contributed by atoms with van der Waals surface area (Å²) in [6, 6.07) is -0.196. The Labute approximate surface area is 213 Å². The van der Waals surface area contributed by atoms with Crippen LogP contribution in [0.1, 0.15) is 77.4 Å². The summed E-state index contributed by atoms with van der Waals surface area (Å²) in [5, 5.41) is 24.8. The van der Waals surface area contributed by atoms with E-state index in [2.05, 4.69) is 4.98 Å². The van der Waals surface area contributed by atoms with Crippen molar-refractivity contribution in [3.8, 4) is 0 Å². The van der Waals surface area contributed by atoms with Crippen LogP contribution in [0.2, 0.25) is 0 Å². The SMILES string of the molecule is CC(=Cc1csc(C)n1)[C@@H]1C[C@@H]2O[C@@H]2CCC[C@H](C)[C@H](O)[C@@H](C)C(=O)C(C)(C)[C@@H](O)CC(=O)N1C. The van der Waals surface area contributed by atoms with E-state index in [9.17, 15) is 19.8 Å². The molecule has 196 valence electrons. The Morgan fingerprint density at radius 2 is 1.91 bits per heavy atom. The van der Waals surface area contributed by atoms with Gasteiger partial charge in [0.1, 0.15) is 5.78 Å². The highest BCUT2D eigenvalue weighted by Crippen LogP contribution is 2.36. The second kappa shape index (κ2) is 11.2. The summed E-state index contributed by atoms with van der Waals surface area (Å²) in [4.78, 5) is 32.8. The van der Waals surface area contributed by atoms with Gasteiger partial charge in [-0.25, -0.2) is 4.98 Å². The quantitative estimate of drug-likeness (QED) is 0.588. The van der Waals surface area contributed by atoms with Crippen LogP contribution in [0.4, 0.5) is 0 Å². The molecule has 0 bridgehead atoms. The number of rotatable bonds is 2. The molecule has 0 radical (unpaired) electrons. The predicted octanol–water partition coefficient (Wildman–Crippen LogP) is 4.00. The van der Waals surface area contributed by atoms with Gasteiger partial charge in [0.25, 0.3) is 0 Å². The summed E-state index contributed by atoms with van der Waals surface area (Å²) in [6.07, 6.45) is 3.41. The van der Waals surface area contributed by atoms with Crippen molar-refractivity contribution in [2.75, 3.05) is 7.05 Å². The van der Waals surface area contributed by atoms with Crippen molar-refractivity contribution >= 4 is 29.1 Å². The Kier molecular flexibility index (Phi) is 8.95. The second-order valence-electron chi connectivity index (χ2n) is 11.1. The number of hydrogen-bond acceptors (Lipinski definition) is 7. The Balaban J connectivity index is 1.87. The minimum atomic E-state index is -1.16. The first-order valence-electron chi connectivity index (χ1n) is 12.7. The molecule has 0 aliphatic carbocycles. The van der Waals surface area contributed by atoms with E-state index in [-0.39, 0.29) is 42.3 Å². The maximum Gasteiger partial charge on any atom is 0.225 e. The summed E-state index contributed by atoms with van der Waals surface area (Å²) < 4.78 is 5.97. The van der Waals surface area contributed by atoms with Gasteiger partial charge < -0.3 is 19.8 Å². The van der Waals surface area contributed by atoms with E-state index >= 15 is 0 Å². The van der Waals surface area contributed by atoms with Crippen molar-refractivity contribution in [3.63, 3.8) is 0 Å². The van der Waals surface area contributed by atoms with Gasteiger partial charge in [-0.15, -0.1) is 11.3 Å². The highest BCUT2D eigenvalue weighted by molar-refractivity contribution is 7.09. The fourth-order valence-corrected chi connectivity index (χ4v) is 5.81. The zero-order valence-corrected chi connectivity index (χ0v) is 23.0. The van der Waals surface area contributed by atoms with Crippen molar-refractivity contribution in [1.82, 2.24) is 9.88 Å². The molecule has 7 nitrogen and oxygen atoms in total. The molecule has 2 aliphatic heterocycles. The minimum absolute atomic E-state index is 0.0424. The number of Topliss-reactive ketones (excluding diaryl/α,β-unsaturated/α-hetero) is 1. The number of thiazole rings is 1.